The number of hydrogen-bond donors (Lipinski definition) is 2. The van der Waals surface area contributed by atoms with Crippen LogP contribution in [-0.4, -0.2) is 28.7 Å². The number of thioether (sulfide) groups is 1. The molecule has 5 nitrogen and oxygen atoms in total. The van der Waals surface area contributed by atoms with Gasteiger partial charge in [0.05, 0.1) is 10.8 Å². The summed E-state index contributed by atoms with van der Waals surface area (Å²) in [5.74, 6) is -0.255. The molecule has 18 heavy (non-hydrogen) atoms. The molecule has 0 radical (unpaired) electrons. The normalized spacial score (nSPS) is 14.1. The molecule has 1 aromatic rings. The minimum absolute atomic E-state index is 0.106. The number of nitrogens with one attached hydrogen (secondary N) is 2. The second kappa shape index (κ2) is 6.06. The van der Waals surface area contributed by atoms with Crippen LogP contribution in [0.25, 0.3) is 0 Å². The van der Waals surface area contributed by atoms with Crippen LogP contribution in [0.15, 0.2) is 23.4 Å². The predicted octanol–water partition coefficient (Wildman–Crippen LogP) is 1.82. The van der Waals surface area contributed by atoms with Crippen LogP contribution in [0.1, 0.15) is 12.8 Å². The zero-order valence-electron chi connectivity index (χ0n) is 9.48. The van der Waals surface area contributed by atoms with Crippen LogP contribution in [0, 0.1) is 0 Å². The molecule has 1 saturated carbocycles. The van der Waals surface area contributed by atoms with Gasteiger partial charge in [-0.3, -0.25) is 10.1 Å². The van der Waals surface area contributed by atoms with Crippen molar-refractivity contribution in [1.29, 1.82) is 0 Å². The number of halogens is 1. The fraction of sp³-hybridized carbons (Fsp3) is 0.364. The van der Waals surface area contributed by atoms with E-state index in [4.69, 9.17) is 11.6 Å². The second-order valence-corrected chi connectivity index (χ2v) is 5.25. The van der Waals surface area contributed by atoms with Gasteiger partial charge in [-0.15, -0.1) is 0 Å². The minimum Gasteiger partial charge on any atom is -0.335 e. The summed E-state index contributed by atoms with van der Waals surface area (Å²) in [5.41, 5.74) is 0. The minimum atomic E-state index is -0.435. The topological polar surface area (TPSA) is 71.1 Å². The third kappa shape index (κ3) is 4.19. The molecule has 3 amide bonds. The highest BCUT2D eigenvalue weighted by atomic mass is 35.5. The maximum Gasteiger partial charge on any atom is 0.321 e. The average Bonchev–Trinajstić information content (AvgIpc) is 3.11. The number of amides is 3. The first-order valence-corrected chi connectivity index (χ1v) is 6.85. The van der Waals surface area contributed by atoms with Gasteiger partial charge in [0, 0.05) is 12.2 Å². The highest BCUT2D eigenvalue weighted by Gasteiger charge is 2.23. The van der Waals surface area contributed by atoms with Gasteiger partial charge in [-0.2, -0.15) is 0 Å². The van der Waals surface area contributed by atoms with Crippen LogP contribution in [0.2, 0.25) is 5.02 Å². The number of imide groups is 1. The first-order valence-electron chi connectivity index (χ1n) is 5.49. The molecule has 2 rings (SSSR count). The molecule has 0 unspecified atom stereocenters. The summed E-state index contributed by atoms with van der Waals surface area (Å²) < 4.78 is 0. The number of carbonyl (C=O) groups excluding carboxylic acids is 2. The number of urea groups is 1. The van der Waals surface area contributed by atoms with E-state index >= 15 is 0 Å². The van der Waals surface area contributed by atoms with Gasteiger partial charge in [0.1, 0.15) is 5.03 Å². The number of aromatic nitrogens is 1. The third-order valence-electron chi connectivity index (χ3n) is 2.23. The van der Waals surface area contributed by atoms with Gasteiger partial charge < -0.3 is 5.32 Å². The van der Waals surface area contributed by atoms with Gasteiger partial charge in [0.15, 0.2) is 0 Å². The molecular weight excluding hydrogens is 274 g/mol. The first-order chi connectivity index (χ1) is 8.65. The molecule has 0 atom stereocenters. The lowest BCUT2D eigenvalue weighted by molar-refractivity contribution is -0.117. The SMILES string of the molecule is O=C(CSc1ncccc1Cl)NC(=O)NC1CC1. The van der Waals surface area contributed by atoms with Crippen molar-refractivity contribution in [2.24, 2.45) is 0 Å². The van der Waals surface area contributed by atoms with Gasteiger partial charge in [-0.05, 0) is 25.0 Å². The molecule has 2 N–H and O–H groups in total. The van der Waals surface area contributed by atoms with Gasteiger partial charge in [-0.25, -0.2) is 9.78 Å². The third-order valence-corrected chi connectivity index (χ3v) is 3.65. The Labute approximate surface area is 114 Å². The Kier molecular flexibility index (Phi) is 4.43. The van der Waals surface area contributed by atoms with Crippen molar-refractivity contribution < 1.29 is 9.59 Å². The zero-order valence-corrected chi connectivity index (χ0v) is 11.1. The predicted molar refractivity (Wildman–Crippen MR) is 69.7 cm³/mol. The fourth-order valence-electron chi connectivity index (χ4n) is 1.22. The summed E-state index contributed by atoms with van der Waals surface area (Å²) in [7, 11) is 0. The molecule has 1 fully saturated rings. The van der Waals surface area contributed by atoms with Gasteiger partial charge in [-0.1, -0.05) is 23.4 Å². The molecule has 1 aliphatic rings. The lowest BCUT2D eigenvalue weighted by atomic mass is 10.5. The fourth-order valence-corrected chi connectivity index (χ4v) is 2.19. The van der Waals surface area contributed by atoms with Gasteiger partial charge >= 0.3 is 6.03 Å². The maximum absolute atomic E-state index is 11.5. The molecule has 0 saturated heterocycles. The summed E-state index contributed by atoms with van der Waals surface area (Å²) >= 11 is 7.09. The Morgan fingerprint density at radius 2 is 2.28 bits per heavy atom. The molecular formula is C11H12ClN3O2S. The zero-order chi connectivity index (χ0) is 13.0. The van der Waals surface area contributed by atoms with Gasteiger partial charge in [0.2, 0.25) is 5.91 Å². The van der Waals surface area contributed by atoms with E-state index in [1.165, 1.54) is 11.8 Å². The Balaban J connectivity index is 1.74. The van der Waals surface area contributed by atoms with Crippen LogP contribution in [0.5, 0.6) is 0 Å². The van der Waals surface area contributed by atoms with Crippen molar-refractivity contribution in [3.05, 3.63) is 23.4 Å². The Hall–Kier alpha value is -1.27. The number of nitrogens with zero attached hydrogens (tertiary/aromatic N) is 1. The summed E-state index contributed by atoms with van der Waals surface area (Å²) in [4.78, 5) is 26.8. The van der Waals surface area contributed by atoms with Crippen molar-refractivity contribution in [2.45, 2.75) is 23.9 Å². The van der Waals surface area contributed by atoms with Crippen LogP contribution < -0.4 is 10.6 Å². The molecule has 0 aliphatic heterocycles. The number of pyridine rings is 1. The van der Waals surface area contributed by atoms with Crippen molar-refractivity contribution in [3.63, 3.8) is 0 Å². The van der Waals surface area contributed by atoms with Crippen LogP contribution in [0.4, 0.5) is 4.79 Å². The molecule has 7 heteroatoms. The summed E-state index contributed by atoms with van der Waals surface area (Å²) in [5, 5.41) is 6.01. The maximum atomic E-state index is 11.5. The second-order valence-electron chi connectivity index (χ2n) is 3.87. The van der Waals surface area contributed by atoms with Crippen molar-refractivity contribution in [2.75, 3.05) is 5.75 Å². The standard InChI is InChI=1S/C11H12ClN3O2S/c12-8-2-1-5-13-10(8)18-6-9(16)15-11(17)14-7-3-4-7/h1-2,5,7H,3-4,6H2,(H2,14,15,16,17). The van der Waals surface area contributed by atoms with Crippen molar-refractivity contribution >= 4 is 35.3 Å². The highest BCUT2D eigenvalue weighted by molar-refractivity contribution is 8.00. The summed E-state index contributed by atoms with van der Waals surface area (Å²) in [6.45, 7) is 0. The van der Waals surface area contributed by atoms with Crippen LogP contribution in [0.3, 0.4) is 0 Å². The van der Waals surface area contributed by atoms with E-state index in [1.54, 1.807) is 18.3 Å². The molecule has 1 heterocycles. The molecule has 0 aromatic carbocycles. The van der Waals surface area contributed by atoms with E-state index in [1.807, 2.05) is 0 Å². The number of rotatable bonds is 4. The monoisotopic (exact) mass is 285 g/mol. The first kappa shape index (κ1) is 13.2. The summed E-state index contributed by atoms with van der Waals surface area (Å²) in [6, 6.07) is 3.22. The number of hydrogen-bond acceptors (Lipinski definition) is 4. The molecule has 0 spiro atoms. The van der Waals surface area contributed by atoms with Crippen LogP contribution >= 0.6 is 23.4 Å². The molecule has 1 aliphatic carbocycles. The molecule has 1 aromatic heterocycles. The Morgan fingerprint density at radius 3 is 2.94 bits per heavy atom. The largest absolute Gasteiger partial charge is 0.335 e. The van der Waals surface area contributed by atoms with Crippen molar-refractivity contribution in [1.82, 2.24) is 15.6 Å². The molecule has 0 bridgehead atoms. The van der Waals surface area contributed by atoms with E-state index in [0.29, 0.717) is 10.0 Å². The van der Waals surface area contributed by atoms with E-state index in [-0.39, 0.29) is 17.7 Å². The van der Waals surface area contributed by atoms with E-state index < -0.39 is 6.03 Å². The van der Waals surface area contributed by atoms with Gasteiger partial charge in [0.25, 0.3) is 0 Å². The smallest absolute Gasteiger partial charge is 0.321 e. The summed E-state index contributed by atoms with van der Waals surface area (Å²) in [6.07, 6.45) is 3.58. The average molecular weight is 286 g/mol. The Bertz CT molecular complexity index is 465. The van der Waals surface area contributed by atoms with E-state index in [2.05, 4.69) is 15.6 Å². The quantitative estimate of drug-likeness (QED) is 0.828. The Morgan fingerprint density at radius 1 is 1.50 bits per heavy atom. The van der Waals surface area contributed by atoms with Crippen LogP contribution in [-0.2, 0) is 4.79 Å². The lowest BCUT2D eigenvalue weighted by Crippen LogP contribution is -2.41. The van der Waals surface area contributed by atoms with Crippen molar-refractivity contribution in [3.8, 4) is 0 Å². The molecule has 96 valence electrons. The van der Waals surface area contributed by atoms with E-state index in [9.17, 15) is 9.59 Å². The lowest BCUT2D eigenvalue weighted by Gasteiger charge is -2.05. The van der Waals surface area contributed by atoms with E-state index in [0.717, 1.165) is 12.8 Å². The highest BCUT2D eigenvalue weighted by Crippen LogP contribution is 2.23. The number of carbonyl (C=O) groups is 2.